The third kappa shape index (κ3) is 1.18. The molecule has 0 radical (unpaired) electrons. The van der Waals surface area contributed by atoms with Crippen molar-refractivity contribution in [1.29, 1.82) is 0 Å². The van der Waals surface area contributed by atoms with Crippen molar-refractivity contribution in [3.05, 3.63) is 68.9 Å². The standard InChI is InChI=1S/C15H11NTe/c1-2-6-13-11(4-1)8-9-12-5-3-7-14-15(12,13)16-10-17-14/h1-7,9-10H,8H2. The molecule has 82 valence electrons. The Morgan fingerprint density at radius 3 is 3.18 bits per heavy atom. The minimum absolute atomic E-state index is 0.119. The van der Waals surface area contributed by atoms with Gasteiger partial charge < -0.3 is 0 Å². The average molecular weight is 333 g/mol. The van der Waals surface area contributed by atoms with Gasteiger partial charge in [0, 0.05) is 0 Å². The second-order valence-electron chi connectivity index (χ2n) is 4.47. The van der Waals surface area contributed by atoms with E-state index in [1.807, 2.05) is 0 Å². The molecule has 1 heterocycles. The van der Waals surface area contributed by atoms with Crippen molar-refractivity contribution in [2.45, 2.75) is 12.0 Å². The number of aliphatic imine (C=N–C) groups is 1. The van der Waals surface area contributed by atoms with Crippen molar-refractivity contribution in [2.75, 3.05) is 0 Å². The van der Waals surface area contributed by atoms with Crippen LogP contribution in [0.15, 0.2) is 62.8 Å². The molecule has 1 spiro atoms. The molecule has 1 unspecified atom stereocenters. The van der Waals surface area contributed by atoms with Crippen LogP contribution >= 0.6 is 0 Å². The van der Waals surface area contributed by atoms with Crippen LogP contribution in [0.3, 0.4) is 0 Å². The Morgan fingerprint density at radius 1 is 1.24 bits per heavy atom. The van der Waals surface area contributed by atoms with E-state index in [4.69, 9.17) is 4.99 Å². The van der Waals surface area contributed by atoms with Gasteiger partial charge in [0.1, 0.15) is 0 Å². The van der Waals surface area contributed by atoms with Crippen molar-refractivity contribution in [3.63, 3.8) is 0 Å². The van der Waals surface area contributed by atoms with Crippen LogP contribution in [-0.4, -0.2) is 25.2 Å². The topological polar surface area (TPSA) is 12.4 Å². The molecule has 17 heavy (non-hydrogen) atoms. The van der Waals surface area contributed by atoms with Crippen LogP contribution < -0.4 is 0 Å². The summed E-state index contributed by atoms with van der Waals surface area (Å²) in [5, 5.41) is 0. The molecule has 2 aliphatic carbocycles. The molecule has 3 aliphatic rings. The number of benzene rings is 1. The molecule has 1 aliphatic heterocycles. The molecule has 0 fully saturated rings. The second-order valence-corrected chi connectivity index (χ2v) is 7.00. The summed E-state index contributed by atoms with van der Waals surface area (Å²) in [7, 11) is 0. The van der Waals surface area contributed by atoms with Gasteiger partial charge in [0.2, 0.25) is 0 Å². The summed E-state index contributed by atoms with van der Waals surface area (Å²) < 4.78 is 3.74. The molecule has 0 saturated carbocycles. The van der Waals surface area contributed by atoms with Gasteiger partial charge in [-0.1, -0.05) is 0 Å². The summed E-state index contributed by atoms with van der Waals surface area (Å²) in [4.78, 5) is 4.90. The van der Waals surface area contributed by atoms with Gasteiger partial charge in [-0.2, -0.15) is 0 Å². The molecule has 1 nitrogen and oxygen atoms in total. The van der Waals surface area contributed by atoms with Crippen LogP contribution in [0.4, 0.5) is 0 Å². The van der Waals surface area contributed by atoms with E-state index in [0.29, 0.717) is 0 Å². The summed E-state index contributed by atoms with van der Waals surface area (Å²) in [6, 6.07) is 8.76. The Labute approximate surface area is 111 Å². The van der Waals surface area contributed by atoms with Crippen LogP contribution in [0.25, 0.3) is 0 Å². The zero-order valence-corrected chi connectivity index (χ0v) is 11.6. The van der Waals surface area contributed by atoms with Gasteiger partial charge in [-0.3, -0.25) is 0 Å². The predicted molar refractivity (Wildman–Crippen MR) is 71.4 cm³/mol. The van der Waals surface area contributed by atoms with Gasteiger partial charge in [0.25, 0.3) is 0 Å². The van der Waals surface area contributed by atoms with Crippen LogP contribution in [0.2, 0.25) is 0 Å². The second kappa shape index (κ2) is 3.45. The van der Waals surface area contributed by atoms with Crippen LogP contribution in [0.1, 0.15) is 11.1 Å². The summed E-state index contributed by atoms with van der Waals surface area (Å²) in [5.41, 5.74) is 4.11. The van der Waals surface area contributed by atoms with Crippen LogP contribution in [0, 0.1) is 0 Å². The van der Waals surface area contributed by atoms with E-state index >= 15 is 0 Å². The molecular weight excluding hydrogens is 322 g/mol. The number of hydrogen-bond acceptors (Lipinski definition) is 1. The van der Waals surface area contributed by atoms with Gasteiger partial charge in [0.15, 0.2) is 0 Å². The molecule has 0 amide bonds. The quantitative estimate of drug-likeness (QED) is 0.648. The van der Waals surface area contributed by atoms with E-state index in [-0.39, 0.29) is 26.5 Å². The van der Waals surface area contributed by atoms with Crippen molar-refractivity contribution in [3.8, 4) is 0 Å². The van der Waals surface area contributed by atoms with E-state index < -0.39 is 0 Å². The fourth-order valence-electron chi connectivity index (χ4n) is 2.89. The van der Waals surface area contributed by atoms with Crippen LogP contribution in [0.5, 0.6) is 0 Å². The number of allylic oxidation sites excluding steroid dienone is 3. The monoisotopic (exact) mass is 335 g/mol. The molecule has 0 N–H and O–H groups in total. The Kier molecular flexibility index (Phi) is 2.00. The SMILES string of the molecule is C1=CC2=CCc3ccccc3C23N=C[Te]C3=C1. The summed E-state index contributed by atoms with van der Waals surface area (Å²) in [6.45, 7) is 0. The molecule has 1 aromatic rings. The fraction of sp³-hybridized carbons (Fsp3) is 0.133. The first-order valence-electron chi connectivity index (χ1n) is 5.79. The summed E-state index contributed by atoms with van der Waals surface area (Å²) in [6.07, 6.45) is 10.1. The normalized spacial score (nSPS) is 28.0. The van der Waals surface area contributed by atoms with Gasteiger partial charge in [-0.15, -0.1) is 0 Å². The summed E-state index contributed by atoms with van der Waals surface area (Å²) >= 11 is -0.206. The Bertz CT molecular complexity index is 622. The Balaban J connectivity index is 2.07. The van der Waals surface area contributed by atoms with E-state index in [2.05, 4.69) is 52.8 Å². The first kappa shape index (κ1) is 9.88. The van der Waals surface area contributed by atoms with Crippen molar-refractivity contribution in [2.24, 2.45) is 4.99 Å². The third-order valence-electron chi connectivity index (χ3n) is 3.67. The summed E-state index contributed by atoms with van der Waals surface area (Å²) in [5.74, 6) is 0. The van der Waals surface area contributed by atoms with Crippen molar-refractivity contribution in [1.82, 2.24) is 0 Å². The van der Waals surface area contributed by atoms with Crippen molar-refractivity contribution >= 4 is 25.2 Å². The first-order valence-corrected chi connectivity index (χ1v) is 8.30. The van der Waals surface area contributed by atoms with E-state index in [9.17, 15) is 0 Å². The molecule has 1 aromatic carbocycles. The maximum absolute atomic E-state index is 4.90. The molecule has 2 heteroatoms. The fourth-order valence-corrected chi connectivity index (χ4v) is 5.55. The zero-order valence-electron chi connectivity index (χ0n) is 9.26. The van der Waals surface area contributed by atoms with Crippen molar-refractivity contribution < 1.29 is 0 Å². The molecule has 1 atom stereocenters. The van der Waals surface area contributed by atoms with Gasteiger partial charge >= 0.3 is 111 Å². The third-order valence-corrected chi connectivity index (χ3v) is 6.23. The van der Waals surface area contributed by atoms with E-state index in [1.165, 1.54) is 16.7 Å². The van der Waals surface area contributed by atoms with Crippen LogP contribution in [-0.2, 0) is 12.0 Å². The number of nitrogens with zero attached hydrogens (tertiary/aromatic N) is 1. The zero-order chi connectivity index (χ0) is 11.3. The van der Waals surface area contributed by atoms with Gasteiger partial charge in [-0.05, 0) is 0 Å². The van der Waals surface area contributed by atoms with Gasteiger partial charge in [0.05, 0.1) is 0 Å². The van der Waals surface area contributed by atoms with E-state index in [0.717, 1.165) is 6.42 Å². The Morgan fingerprint density at radius 2 is 2.18 bits per heavy atom. The number of hydrogen-bond donors (Lipinski definition) is 0. The molecule has 4 rings (SSSR count). The molecule has 0 aromatic heterocycles. The number of fused-ring (bicyclic) bond motifs is 1. The average Bonchev–Trinajstić information content (AvgIpc) is 2.81. The molecule has 0 saturated heterocycles. The van der Waals surface area contributed by atoms with Gasteiger partial charge in [-0.25, -0.2) is 0 Å². The Hall–Kier alpha value is -1.10. The molecule has 0 bridgehead atoms. The maximum atomic E-state index is 4.90. The number of rotatable bonds is 0. The predicted octanol–water partition coefficient (Wildman–Crippen LogP) is 2.56. The minimum atomic E-state index is -0.206. The van der Waals surface area contributed by atoms with E-state index in [1.54, 1.807) is 3.62 Å². The molecular formula is C15H11NTe. The first-order chi connectivity index (χ1) is 8.41.